The summed E-state index contributed by atoms with van der Waals surface area (Å²) in [5, 5.41) is 9.21. The van der Waals surface area contributed by atoms with Gasteiger partial charge in [0.15, 0.2) is 11.9 Å². The van der Waals surface area contributed by atoms with Gasteiger partial charge in [-0.3, -0.25) is 9.59 Å². The first-order chi connectivity index (χ1) is 14.4. The highest BCUT2D eigenvalue weighted by Crippen LogP contribution is 2.42. The zero-order chi connectivity index (χ0) is 21.1. The molecule has 2 aromatic rings. The van der Waals surface area contributed by atoms with Crippen LogP contribution in [0.1, 0.15) is 48.0 Å². The average Bonchev–Trinajstić information content (AvgIpc) is 3.12. The Morgan fingerprint density at radius 2 is 1.97 bits per heavy atom. The lowest BCUT2D eigenvalue weighted by molar-refractivity contribution is -0.137. The van der Waals surface area contributed by atoms with Gasteiger partial charge in [-0.15, -0.1) is 0 Å². The van der Waals surface area contributed by atoms with E-state index in [0.717, 1.165) is 29.3 Å². The molecule has 158 valence electrons. The van der Waals surface area contributed by atoms with E-state index < -0.39 is 11.6 Å². The van der Waals surface area contributed by atoms with Crippen LogP contribution in [0.5, 0.6) is 11.5 Å². The molecule has 0 bridgehead atoms. The molecule has 2 aromatic carbocycles. The fourth-order valence-electron chi connectivity index (χ4n) is 3.91. The van der Waals surface area contributed by atoms with E-state index in [-0.39, 0.29) is 24.9 Å². The molecule has 2 unspecified atom stereocenters. The van der Waals surface area contributed by atoms with Gasteiger partial charge in [0.05, 0.1) is 6.61 Å². The van der Waals surface area contributed by atoms with Crippen molar-refractivity contribution in [3.8, 4) is 11.5 Å². The molecule has 2 aliphatic rings. The van der Waals surface area contributed by atoms with Crippen LogP contribution in [-0.2, 0) is 16.0 Å². The first-order valence-corrected chi connectivity index (χ1v) is 10.9. The molecule has 0 spiro atoms. The summed E-state index contributed by atoms with van der Waals surface area (Å²) in [6, 6.07) is 12.5. The molecule has 0 saturated carbocycles. The molecule has 1 fully saturated rings. The lowest BCUT2D eigenvalue weighted by Gasteiger charge is -2.27. The van der Waals surface area contributed by atoms with Gasteiger partial charge in [0.25, 0.3) is 0 Å². The van der Waals surface area contributed by atoms with Crippen LogP contribution in [0, 0.1) is 0 Å². The molecule has 0 aromatic heterocycles. The molecule has 1 N–H and O–H groups in total. The molecule has 0 amide bonds. The fourth-order valence-corrected chi connectivity index (χ4v) is 4.18. The number of ether oxygens (including phenoxy) is 3. The maximum Gasteiger partial charge on any atom is 0.303 e. The second kappa shape index (κ2) is 8.78. The molecule has 1 saturated heterocycles. The van der Waals surface area contributed by atoms with Crippen molar-refractivity contribution in [1.82, 2.24) is 0 Å². The zero-order valence-electron chi connectivity index (χ0n) is 16.4. The third-order valence-electron chi connectivity index (χ3n) is 5.49. The summed E-state index contributed by atoms with van der Waals surface area (Å²) in [5.74, 6) is -0.00789. The zero-order valence-corrected chi connectivity index (χ0v) is 18.0. The van der Waals surface area contributed by atoms with E-state index in [1.165, 1.54) is 0 Å². The minimum Gasteiger partial charge on any atom is -0.481 e. The highest BCUT2D eigenvalue weighted by Gasteiger charge is 2.46. The minimum atomic E-state index is -1.24. The molecule has 2 aliphatic heterocycles. The monoisotopic (exact) mass is 474 g/mol. The largest absolute Gasteiger partial charge is 0.481 e. The summed E-state index contributed by atoms with van der Waals surface area (Å²) in [4.78, 5) is 24.6. The van der Waals surface area contributed by atoms with Crippen LogP contribution in [0.4, 0.5) is 0 Å². The molecule has 2 atom stereocenters. The molecule has 0 radical (unpaired) electrons. The Morgan fingerprint density at radius 3 is 2.67 bits per heavy atom. The number of carboxylic acid groups (broad SMARTS) is 1. The number of rotatable bonds is 7. The topological polar surface area (TPSA) is 82.1 Å². The Kier molecular flexibility index (Phi) is 6.11. The average molecular weight is 475 g/mol. The summed E-state index contributed by atoms with van der Waals surface area (Å²) in [7, 11) is 0. The number of ketones is 1. The summed E-state index contributed by atoms with van der Waals surface area (Å²) in [5.41, 5.74) is 0.111. The van der Waals surface area contributed by atoms with E-state index >= 15 is 0 Å². The Bertz CT molecular complexity index is 935. The third-order valence-corrected chi connectivity index (χ3v) is 6.02. The summed E-state index contributed by atoms with van der Waals surface area (Å²) >= 11 is 3.37. The van der Waals surface area contributed by atoms with Crippen LogP contribution >= 0.6 is 15.9 Å². The van der Waals surface area contributed by atoms with E-state index in [1.807, 2.05) is 12.1 Å². The van der Waals surface area contributed by atoms with Crippen molar-refractivity contribution >= 4 is 27.7 Å². The van der Waals surface area contributed by atoms with Gasteiger partial charge in [-0.2, -0.15) is 0 Å². The Balaban J connectivity index is 1.58. The molecule has 6 nitrogen and oxygen atoms in total. The van der Waals surface area contributed by atoms with Crippen LogP contribution < -0.4 is 9.47 Å². The first kappa shape index (κ1) is 20.9. The predicted molar refractivity (Wildman–Crippen MR) is 113 cm³/mol. The van der Waals surface area contributed by atoms with Crippen LogP contribution in [0.3, 0.4) is 0 Å². The maximum absolute atomic E-state index is 13.4. The Morgan fingerprint density at radius 1 is 1.17 bits per heavy atom. The van der Waals surface area contributed by atoms with Gasteiger partial charge in [-0.25, -0.2) is 0 Å². The van der Waals surface area contributed by atoms with Crippen molar-refractivity contribution in [3.63, 3.8) is 0 Å². The van der Waals surface area contributed by atoms with Crippen LogP contribution in [-0.4, -0.2) is 35.4 Å². The standard InChI is InChI=1S/C23H23BrO6/c24-17-7-4-15(5-8-17)22(27)23(11-10-20(25)26)14-16-6-9-18(13-19(16)30-23)29-21-3-1-2-12-28-21/h4-9,13,21H,1-3,10-12,14H2,(H,25,26). The van der Waals surface area contributed by atoms with Crippen LogP contribution in [0.15, 0.2) is 46.9 Å². The smallest absolute Gasteiger partial charge is 0.303 e. The number of carbonyl (C=O) groups is 2. The third kappa shape index (κ3) is 4.52. The highest BCUT2D eigenvalue weighted by atomic mass is 79.9. The molecule has 7 heteroatoms. The number of Topliss-reactive ketones (excluding diaryl/α,β-unsaturated/α-hetero) is 1. The first-order valence-electron chi connectivity index (χ1n) is 10.1. The molecule has 2 heterocycles. The van der Waals surface area contributed by atoms with Gasteiger partial charge < -0.3 is 19.3 Å². The van der Waals surface area contributed by atoms with Gasteiger partial charge in [-0.05, 0) is 36.6 Å². The van der Waals surface area contributed by atoms with Gasteiger partial charge >= 0.3 is 5.97 Å². The predicted octanol–water partition coefficient (Wildman–Crippen LogP) is 4.78. The van der Waals surface area contributed by atoms with Crippen molar-refractivity contribution in [2.24, 2.45) is 0 Å². The summed E-state index contributed by atoms with van der Waals surface area (Å²) in [6.45, 7) is 0.687. The molecule has 4 rings (SSSR count). The van der Waals surface area contributed by atoms with Crippen LogP contribution in [0.25, 0.3) is 0 Å². The SMILES string of the molecule is O=C(O)CCC1(C(=O)c2ccc(Br)cc2)Cc2ccc(OC3CCCCO3)cc2O1. The lowest BCUT2D eigenvalue weighted by atomic mass is 9.84. The summed E-state index contributed by atoms with van der Waals surface area (Å²) in [6.07, 6.45) is 2.92. The van der Waals surface area contributed by atoms with Gasteiger partial charge in [0, 0.05) is 41.8 Å². The van der Waals surface area contributed by atoms with E-state index in [9.17, 15) is 14.7 Å². The number of carbonyl (C=O) groups excluding carboxylic acids is 1. The minimum absolute atomic E-state index is 0.0911. The number of hydrogen-bond acceptors (Lipinski definition) is 5. The Labute approximate surface area is 183 Å². The summed E-state index contributed by atoms with van der Waals surface area (Å²) < 4.78 is 18.6. The number of halogens is 1. The van der Waals surface area contributed by atoms with Gasteiger partial charge in [-0.1, -0.05) is 34.1 Å². The van der Waals surface area contributed by atoms with Crippen molar-refractivity contribution < 1.29 is 28.9 Å². The van der Waals surface area contributed by atoms with E-state index in [2.05, 4.69) is 15.9 Å². The molecule has 30 heavy (non-hydrogen) atoms. The van der Waals surface area contributed by atoms with Gasteiger partial charge in [0.2, 0.25) is 5.78 Å². The molecule has 0 aliphatic carbocycles. The molecular weight excluding hydrogens is 452 g/mol. The van der Waals surface area contributed by atoms with E-state index in [4.69, 9.17) is 14.2 Å². The normalized spacial score (nSPS) is 22.8. The lowest BCUT2D eigenvalue weighted by Crippen LogP contribution is -2.44. The Hall–Kier alpha value is -2.38. The van der Waals surface area contributed by atoms with E-state index in [1.54, 1.807) is 30.3 Å². The quantitative estimate of drug-likeness (QED) is 0.581. The van der Waals surface area contributed by atoms with Crippen molar-refractivity contribution in [3.05, 3.63) is 58.1 Å². The van der Waals surface area contributed by atoms with Crippen molar-refractivity contribution in [1.29, 1.82) is 0 Å². The molecular formula is C23H23BrO6. The van der Waals surface area contributed by atoms with Gasteiger partial charge in [0.1, 0.15) is 11.5 Å². The number of fused-ring (bicyclic) bond motifs is 1. The maximum atomic E-state index is 13.4. The van der Waals surface area contributed by atoms with Crippen molar-refractivity contribution in [2.45, 2.75) is 50.4 Å². The number of hydrogen-bond donors (Lipinski definition) is 1. The van der Waals surface area contributed by atoms with Crippen molar-refractivity contribution in [2.75, 3.05) is 6.61 Å². The number of carboxylic acids is 1. The second-order valence-corrected chi connectivity index (χ2v) is 8.60. The highest BCUT2D eigenvalue weighted by molar-refractivity contribution is 9.10. The number of benzene rings is 2. The van der Waals surface area contributed by atoms with E-state index in [0.29, 0.717) is 30.1 Å². The van der Waals surface area contributed by atoms with Crippen LogP contribution in [0.2, 0.25) is 0 Å². The number of aliphatic carboxylic acids is 1. The second-order valence-electron chi connectivity index (χ2n) is 7.69. The fraction of sp³-hybridized carbons (Fsp3) is 0.391.